The van der Waals surface area contributed by atoms with E-state index in [1.54, 1.807) is 12.1 Å². The highest BCUT2D eigenvalue weighted by molar-refractivity contribution is 5.86. The third-order valence-electron chi connectivity index (χ3n) is 3.54. The molecule has 0 radical (unpaired) electrons. The Bertz CT molecular complexity index is 815. The predicted octanol–water partition coefficient (Wildman–Crippen LogP) is 2.29. The third-order valence-corrected chi connectivity index (χ3v) is 3.54. The van der Waals surface area contributed by atoms with Gasteiger partial charge < -0.3 is 14.6 Å². The molecule has 0 amide bonds. The van der Waals surface area contributed by atoms with Crippen LogP contribution < -0.4 is 4.90 Å². The molecule has 0 unspecified atom stereocenters. The maximum absolute atomic E-state index is 11.4. The number of aromatic nitrogens is 4. The first-order valence-electron chi connectivity index (χ1n) is 7.40. The molecule has 0 aliphatic heterocycles. The molecule has 2 aromatic heterocycles. The lowest BCUT2D eigenvalue weighted by Gasteiger charge is -2.15. The number of H-pyrrole nitrogens is 1. The average Bonchev–Trinajstić information content (AvgIpc) is 3.10. The third kappa shape index (κ3) is 3.40. The fourth-order valence-electron chi connectivity index (χ4n) is 2.26. The highest BCUT2D eigenvalue weighted by atomic mass is 16.5. The molecule has 7 nitrogen and oxygen atoms in total. The van der Waals surface area contributed by atoms with Crippen LogP contribution in [0.25, 0.3) is 11.3 Å². The summed E-state index contributed by atoms with van der Waals surface area (Å²) in [7, 11) is 3.19. The van der Waals surface area contributed by atoms with E-state index in [2.05, 4.69) is 24.9 Å². The van der Waals surface area contributed by atoms with Crippen molar-refractivity contribution < 1.29 is 9.53 Å². The summed E-state index contributed by atoms with van der Waals surface area (Å²) < 4.78 is 4.61. The molecule has 3 rings (SSSR count). The number of aromatic amines is 1. The van der Waals surface area contributed by atoms with Crippen molar-refractivity contribution in [2.75, 3.05) is 19.1 Å². The molecule has 0 aliphatic carbocycles. The van der Waals surface area contributed by atoms with Gasteiger partial charge in [-0.1, -0.05) is 30.3 Å². The van der Waals surface area contributed by atoms with Gasteiger partial charge in [-0.05, 0) is 17.7 Å². The summed E-state index contributed by atoms with van der Waals surface area (Å²) in [6.45, 7) is 0.541. The first-order chi connectivity index (χ1) is 11.7. The molecule has 0 fully saturated rings. The molecular formula is C17H17N5O2. The van der Waals surface area contributed by atoms with E-state index in [1.807, 2.05) is 48.5 Å². The number of methoxy groups -OCH3 is 1. The molecule has 0 saturated heterocycles. The molecule has 2 heterocycles. The summed E-state index contributed by atoms with van der Waals surface area (Å²) in [5.41, 5.74) is 2.23. The second kappa shape index (κ2) is 6.91. The summed E-state index contributed by atoms with van der Waals surface area (Å²) in [5.74, 6) is 0.950. The predicted molar refractivity (Wildman–Crippen MR) is 89.5 cm³/mol. The van der Waals surface area contributed by atoms with Crippen LogP contribution in [0.2, 0.25) is 0 Å². The minimum Gasteiger partial charge on any atom is -0.464 e. The molecular weight excluding hydrogens is 306 g/mol. The van der Waals surface area contributed by atoms with Gasteiger partial charge in [-0.25, -0.2) is 9.78 Å². The Morgan fingerprint density at radius 3 is 2.62 bits per heavy atom. The molecule has 1 N–H and O–H groups in total. The maximum Gasteiger partial charge on any atom is 0.358 e. The maximum atomic E-state index is 11.4. The molecule has 0 bridgehead atoms. The van der Waals surface area contributed by atoms with Gasteiger partial charge in [0.05, 0.1) is 25.5 Å². The van der Waals surface area contributed by atoms with E-state index < -0.39 is 5.97 Å². The van der Waals surface area contributed by atoms with E-state index >= 15 is 0 Å². The van der Waals surface area contributed by atoms with Gasteiger partial charge >= 0.3 is 5.97 Å². The second-order valence-corrected chi connectivity index (χ2v) is 5.23. The Morgan fingerprint density at radius 2 is 1.96 bits per heavy atom. The topological polar surface area (TPSA) is 84.0 Å². The van der Waals surface area contributed by atoms with E-state index in [1.165, 1.54) is 7.11 Å². The van der Waals surface area contributed by atoms with Crippen LogP contribution in [0.1, 0.15) is 16.3 Å². The number of hydrogen-bond acceptors (Lipinski definition) is 6. The van der Waals surface area contributed by atoms with Crippen molar-refractivity contribution >= 4 is 11.8 Å². The lowest BCUT2D eigenvalue weighted by Crippen LogP contribution is -2.19. The lowest BCUT2D eigenvalue weighted by atomic mass is 10.2. The van der Waals surface area contributed by atoms with E-state index in [0.29, 0.717) is 12.4 Å². The number of nitrogens with zero attached hydrogens (tertiary/aromatic N) is 4. The molecule has 0 saturated carbocycles. The van der Waals surface area contributed by atoms with Crippen LogP contribution in [-0.2, 0) is 11.3 Å². The van der Waals surface area contributed by atoms with Gasteiger partial charge in [0.25, 0.3) is 0 Å². The van der Waals surface area contributed by atoms with E-state index in [9.17, 15) is 4.79 Å². The van der Waals surface area contributed by atoms with Gasteiger partial charge in [0.15, 0.2) is 11.5 Å². The number of benzene rings is 1. The first kappa shape index (κ1) is 15.7. The summed E-state index contributed by atoms with van der Waals surface area (Å²) in [4.78, 5) is 21.0. The number of esters is 1. The van der Waals surface area contributed by atoms with Crippen LogP contribution in [0.3, 0.4) is 0 Å². The van der Waals surface area contributed by atoms with Crippen molar-refractivity contribution in [1.29, 1.82) is 0 Å². The van der Waals surface area contributed by atoms with Crippen LogP contribution in [0, 0.1) is 0 Å². The van der Waals surface area contributed by atoms with Gasteiger partial charge in [0.1, 0.15) is 5.82 Å². The standard InChI is InChI=1S/C17H17N5O2/c1-22(16-9-8-13(20-21-16)17(23)24-2)11-15-18-10-14(19-15)12-6-4-3-5-7-12/h3-10H,11H2,1-2H3,(H,18,19). The Kier molecular flexibility index (Phi) is 4.51. The zero-order chi connectivity index (χ0) is 16.9. The smallest absolute Gasteiger partial charge is 0.358 e. The molecule has 122 valence electrons. The van der Waals surface area contributed by atoms with Crippen LogP contribution in [-0.4, -0.2) is 40.3 Å². The first-order valence-corrected chi connectivity index (χ1v) is 7.40. The Morgan fingerprint density at radius 1 is 1.17 bits per heavy atom. The SMILES string of the molecule is COC(=O)c1ccc(N(C)Cc2ncc(-c3ccccc3)[nH]2)nn1. The minimum absolute atomic E-state index is 0.180. The van der Waals surface area contributed by atoms with Gasteiger partial charge in [0, 0.05) is 7.05 Å². The number of ether oxygens (including phenoxy) is 1. The number of nitrogens with one attached hydrogen (secondary N) is 1. The molecule has 0 spiro atoms. The molecule has 3 aromatic rings. The Labute approximate surface area is 139 Å². The fourth-order valence-corrected chi connectivity index (χ4v) is 2.26. The summed E-state index contributed by atoms with van der Waals surface area (Å²) >= 11 is 0. The van der Waals surface area contributed by atoms with Crippen molar-refractivity contribution in [2.24, 2.45) is 0 Å². The van der Waals surface area contributed by atoms with Gasteiger partial charge in [0.2, 0.25) is 0 Å². The normalized spacial score (nSPS) is 10.4. The molecule has 0 aliphatic rings. The van der Waals surface area contributed by atoms with Crippen LogP contribution in [0.4, 0.5) is 5.82 Å². The number of imidazole rings is 1. The lowest BCUT2D eigenvalue weighted by molar-refractivity contribution is 0.0592. The number of anilines is 1. The average molecular weight is 323 g/mol. The fraction of sp³-hybridized carbons (Fsp3) is 0.176. The van der Waals surface area contributed by atoms with E-state index in [4.69, 9.17) is 0 Å². The van der Waals surface area contributed by atoms with Crippen molar-refractivity contribution in [3.63, 3.8) is 0 Å². The van der Waals surface area contributed by atoms with Gasteiger partial charge in [-0.2, -0.15) is 0 Å². The Balaban J connectivity index is 1.70. The zero-order valence-corrected chi connectivity index (χ0v) is 13.4. The van der Waals surface area contributed by atoms with Crippen molar-refractivity contribution in [3.8, 4) is 11.3 Å². The van der Waals surface area contributed by atoms with Gasteiger partial charge in [-0.15, -0.1) is 10.2 Å². The minimum atomic E-state index is -0.504. The van der Waals surface area contributed by atoms with Crippen molar-refractivity contribution in [2.45, 2.75) is 6.54 Å². The highest BCUT2D eigenvalue weighted by Gasteiger charge is 2.11. The van der Waals surface area contributed by atoms with Crippen LogP contribution in [0.15, 0.2) is 48.7 Å². The quantitative estimate of drug-likeness (QED) is 0.725. The monoisotopic (exact) mass is 323 g/mol. The number of carbonyl (C=O) groups is 1. The molecule has 7 heteroatoms. The summed E-state index contributed by atoms with van der Waals surface area (Å²) in [6.07, 6.45) is 1.81. The van der Waals surface area contributed by atoms with Crippen molar-refractivity contribution in [3.05, 3.63) is 60.2 Å². The van der Waals surface area contributed by atoms with Crippen LogP contribution >= 0.6 is 0 Å². The summed E-state index contributed by atoms with van der Waals surface area (Å²) in [5, 5.41) is 7.91. The van der Waals surface area contributed by atoms with Crippen LogP contribution in [0.5, 0.6) is 0 Å². The largest absolute Gasteiger partial charge is 0.464 e. The van der Waals surface area contributed by atoms with E-state index in [-0.39, 0.29) is 5.69 Å². The number of rotatable bonds is 5. The molecule has 1 aromatic carbocycles. The number of hydrogen-bond donors (Lipinski definition) is 1. The second-order valence-electron chi connectivity index (χ2n) is 5.23. The zero-order valence-electron chi connectivity index (χ0n) is 13.4. The highest BCUT2D eigenvalue weighted by Crippen LogP contribution is 2.17. The van der Waals surface area contributed by atoms with Crippen molar-refractivity contribution in [1.82, 2.24) is 20.2 Å². The summed E-state index contributed by atoms with van der Waals surface area (Å²) in [6, 6.07) is 13.3. The number of carbonyl (C=O) groups excluding carboxylic acids is 1. The molecule has 24 heavy (non-hydrogen) atoms. The van der Waals surface area contributed by atoms with E-state index in [0.717, 1.165) is 17.1 Å². The Hall–Kier alpha value is -3.22. The molecule has 0 atom stereocenters. The van der Waals surface area contributed by atoms with Gasteiger partial charge in [-0.3, -0.25) is 0 Å².